The van der Waals surface area contributed by atoms with E-state index in [1.807, 2.05) is 6.07 Å². The predicted octanol–water partition coefficient (Wildman–Crippen LogP) is 1.81. The summed E-state index contributed by atoms with van der Waals surface area (Å²) in [7, 11) is -3.65. The Morgan fingerprint density at radius 2 is 1.89 bits per heavy atom. The molecule has 6 heteroatoms. The van der Waals surface area contributed by atoms with Crippen LogP contribution in [0.2, 0.25) is 0 Å². The van der Waals surface area contributed by atoms with Gasteiger partial charge in [-0.2, -0.15) is 9.57 Å². The molecule has 0 radical (unpaired) electrons. The van der Waals surface area contributed by atoms with Gasteiger partial charge in [0.1, 0.15) is 4.90 Å². The van der Waals surface area contributed by atoms with Crippen LogP contribution in [-0.4, -0.2) is 25.8 Å². The van der Waals surface area contributed by atoms with E-state index in [2.05, 4.69) is 0 Å². The van der Waals surface area contributed by atoms with Gasteiger partial charge in [0.2, 0.25) is 10.0 Å². The minimum atomic E-state index is -3.65. The lowest BCUT2D eigenvalue weighted by Gasteiger charge is -2.22. The molecule has 0 fully saturated rings. The number of rotatable bonds is 5. The van der Waals surface area contributed by atoms with Crippen LogP contribution in [0.1, 0.15) is 24.5 Å². The van der Waals surface area contributed by atoms with Gasteiger partial charge < -0.3 is 5.73 Å². The summed E-state index contributed by atoms with van der Waals surface area (Å²) in [6.45, 7) is 5.75. The Labute approximate surface area is 114 Å². The van der Waals surface area contributed by atoms with E-state index in [1.54, 1.807) is 32.9 Å². The number of nitrogens with two attached hydrogens (primary N) is 1. The molecule has 2 N–H and O–H groups in total. The fourth-order valence-electron chi connectivity index (χ4n) is 1.90. The van der Waals surface area contributed by atoms with Crippen molar-refractivity contribution in [1.29, 1.82) is 5.26 Å². The van der Waals surface area contributed by atoms with Crippen LogP contribution in [0.25, 0.3) is 0 Å². The molecule has 1 aromatic carbocycles. The fourth-order valence-corrected chi connectivity index (χ4v) is 3.74. The lowest BCUT2D eigenvalue weighted by atomic mass is 10.1. The summed E-state index contributed by atoms with van der Waals surface area (Å²) in [5.74, 6) is 0. The van der Waals surface area contributed by atoms with Crippen LogP contribution in [0.5, 0.6) is 0 Å². The second kappa shape index (κ2) is 6.04. The first-order valence-electron chi connectivity index (χ1n) is 6.09. The molecular formula is C13H19N3O2S. The molecule has 0 saturated heterocycles. The third-order valence-electron chi connectivity index (χ3n) is 3.03. The SMILES string of the molecule is CCN(CCC#N)S(=O)(=O)c1c(C)ccc(C)c1N. The van der Waals surface area contributed by atoms with E-state index in [4.69, 9.17) is 11.0 Å². The zero-order chi connectivity index (χ0) is 14.6. The van der Waals surface area contributed by atoms with Crippen molar-refractivity contribution in [3.63, 3.8) is 0 Å². The molecule has 0 unspecified atom stereocenters. The highest BCUT2D eigenvalue weighted by Crippen LogP contribution is 2.28. The highest BCUT2D eigenvalue weighted by Gasteiger charge is 2.27. The van der Waals surface area contributed by atoms with Crippen molar-refractivity contribution in [3.05, 3.63) is 23.3 Å². The first-order valence-corrected chi connectivity index (χ1v) is 7.53. The first-order chi connectivity index (χ1) is 8.86. The molecule has 0 amide bonds. The molecular weight excluding hydrogens is 262 g/mol. The van der Waals surface area contributed by atoms with Crippen molar-refractivity contribution in [2.45, 2.75) is 32.1 Å². The van der Waals surface area contributed by atoms with Crippen molar-refractivity contribution in [2.24, 2.45) is 0 Å². The highest BCUT2D eigenvalue weighted by molar-refractivity contribution is 7.89. The van der Waals surface area contributed by atoms with Crippen LogP contribution in [0.4, 0.5) is 5.69 Å². The lowest BCUT2D eigenvalue weighted by molar-refractivity contribution is 0.435. The number of nitriles is 1. The molecule has 0 atom stereocenters. The van der Waals surface area contributed by atoms with Gasteiger partial charge in [-0.05, 0) is 25.0 Å². The van der Waals surface area contributed by atoms with Crippen LogP contribution in [0.3, 0.4) is 0 Å². The summed E-state index contributed by atoms with van der Waals surface area (Å²) in [5.41, 5.74) is 7.57. The maximum absolute atomic E-state index is 12.6. The first kappa shape index (κ1) is 15.5. The summed E-state index contributed by atoms with van der Waals surface area (Å²) in [5, 5.41) is 8.60. The van der Waals surface area contributed by atoms with Gasteiger partial charge in [-0.15, -0.1) is 0 Å². The molecule has 0 aromatic heterocycles. The molecule has 0 aliphatic rings. The summed E-state index contributed by atoms with van der Waals surface area (Å²) in [6, 6.07) is 5.51. The molecule has 0 spiro atoms. The summed E-state index contributed by atoms with van der Waals surface area (Å²) in [6.07, 6.45) is 0.165. The zero-order valence-corrected chi connectivity index (χ0v) is 12.3. The number of aryl methyl sites for hydroxylation is 2. The molecule has 104 valence electrons. The van der Waals surface area contributed by atoms with Crippen molar-refractivity contribution in [3.8, 4) is 6.07 Å². The number of hydrogen-bond acceptors (Lipinski definition) is 4. The molecule has 5 nitrogen and oxygen atoms in total. The average Bonchev–Trinajstić information content (AvgIpc) is 2.34. The van der Waals surface area contributed by atoms with Crippen LogP contribution in [0.15, 0.2) is 17.0 Å². The Balaban J connectivity index is 3.35. The van der Waals surface area contributed by atoms with E-state index in [0.29, 0.717) is 12.1 Å². The van der Waals surface area contributed by atoms with Gasteiger partial charge in [0.05, 0.1) is 11.8 Å². The summed E-state index contributed by atoms with van der Waals surface area (Å²) in [4.78, 5) is 0.160. The molecule has 0 heterocycles. The second-order valence-electron chi connectivity index (χ2n) is 4.35. The van der Waals surface area contributed by atoms with E-state index in [0.717, 1.165) is 5.56 Å². The molecule has 0 aliphatic heterocycles. The predicted molar refractivity (Wildman–Crippen MR) is 75.0 cm³/mol. The standard InChI is InChI=1S/C13H19N3O2S/c1-4-16(9-5-8-14)19(17,18)13-11(3)7-6-10(2)12(13)15/h6-7H,4-5,9,15H2,1-3H3. The third kappa shape index (κ3) is 3.06. The maximum atomic E-state index is 12.6. The lowest BCUT2D eigenvalue weighted by Crippen LogP contribution is -2.32. The number of benzene rings is 1. The van der Waals surface area contributed by atoms with Crippen molar-refractivity contribution >= 4 is 15.7 Å². The van der Waals surface area contributed by atoms with Crippen molar-refractivity contribution in [2.75, 3.05) is 18.8 Å². The van der Waals surface area contributed by atoms with E-state index in [9.17, 15) is 8.42 Å². The smallest absolute Gasteiger partial charge is 0.245 e. The molecule has 1 rings (SSSR count). The van der Waals surface area contributed by atoms with E-state index in [-0.39, 0.29) is 23.5 Å². The van der Waals surface area contributed by atoms with Gasteiger partial charge in [0.25, 0.3) is 0 Å². The number of anilines is 1. The Morgan fingerprint density at radius 3 is 2.42 bits per heavy atom. The fraction of sp³-hybridized carbons (Fsp3) is 0.462. The van der Waals surface area contributed by atoms with E-state index >= 15 is 0 Å². The van der Waals surface area contributed by atoms with E-state index in [1.165, 1.54) is 4.31 Å². The Bertz CT molecular complexity index is 603. The molecule has 19 heavy (non-hydrogen) atoms. The van der Waals surface area contributed by atoms with Crippen molar-refractivity contribution in [1.82, 2.24) is 4.31 Å². The zero-order valence-electron chi connectivity index (χ0n) is 11.5. The number of nitrogens with zero attached hydrogens (tertiary/aromatic N) is 2. The second-order valence-corrected chi connectivity index (χ2v) is 6.22. The summed E-state index contributed by atoms with van der Waals surface area (Å²) >= 11 is 0. The van der Waals surface area contributed by atoms with Crippen LogP contribution in [0, 0.1) is 25.2 Å². The highest BCUT2D eigenvalue weighted by atomic mass is 32.2. The van der Waals surface area contributed by atoms with Gasteiger partial charge in [-0.3, -0.25) is 0 Å². The normalized spacial score (nSPS) is 11.5. The van der Waals surface area contributed by atoms with Crippen molar-refractivity contribution < 1.29 is 8.42 Å². The van der Waals surface area contributed by atoms with E-state index < -0.39 is 10.0 Å². The van der Waals surface area contributed by atoms with Gasteiger partial charge in [0.15, 0.2) is 0 Å². The average molecular weight is 281 g/mol. The summed E-state index contributed by atoms with van der Waals surface area (Å²) < 4.78 is 26.5. The van der Waals surface area contributed by atoms with Crippen LogP contribution < -0.4 is 5.73 Å². The Kier molecular flexibility index (Phi) is 4.92. The number of nitrogen functional groups attached to an aromatic ring is 1. The molecule has 1 aromatic rings. The third-order valence-corrected chi connectivity index (χ3v) is 5.21. The molecule has 0 bridgehead atoms. The van der Waals surface area contributed by atoms with Crippen LogP contribution in [-0.2, 0) is 10.0 Å². The topological polar surface area (TPSA) is 87.2 Å². The molecule has 0 saturated carbocycles. The van der Waals surface area contributed by atoms with Gasteiger partial charge >= 0.3 is 0 Å². The quantitative estimate of drug-likeness (QED) is 0.834. The minimum absolute atomic E-state index is 0.160. The Morgan fingerprint density at radius 1 is 1.32 bits per heavy atom. The number of hydrogen-bond donors (Lipinski definition) is 1. The van der Waals surface area contributed by atoms with Crippen LogP contribution >= 0.6 is 0 Å². The monoisotopic (exact) mass is 281 g/mol. The minimum Gasteiger partial charge on any atom is -0.397 e. The Hall–Kier alpha value is -1.58. The van der Waals surface area contributed by atoms with Gasteiger partial charge in [-0.25, -0.2) is 8.42 Å². The van der Waals surface area contributed by atoms with Gasteiger partial charge in [-0.1, -0.05) is 19.1 Å². The van der Waals surface area contributed by atoms with Gasteiger partial charge in [0, 0.05) is 19.5 Å². The number of sulfonamides is 1. The molecule has 0 aliphatic carbocycles. The maximum Gasteiger partial charge on any atom is 0.245 e. The largest absolute Gasteiger partial charge is 0.397 e.